The Balaban J connectivity index is 0. The third-order valence-electron chi connectivity index (χ3n) is 1.24. The van der Waals surface area contributed by atoms with Crippen molar-refractivity contribution in [1.29, 1.82) is 0 Å². The molecule has 0 spiro atoms. The molecule has 1 N–H and O–H groups in total. The molecule has 0 aromatic rings. The molecular weight excluding hydrogens is 230 g/mol. The summed E-state index contributed by atoms with van der Waals surface area (Å²) in [5, 5.41) is 7.73. The molecule has 0 aliphatic heterocycles. The lowest BCUT2D eigenvalue weighted by Gasteiger charge is -1.90. The van der Waals surface area contributed by atoms with Gasteiger partial charge in [0.1, 0.15) is 0 Å². The van der Waals surface area contributed by atoms with E-state index in [-0.39, 0.29) is 0 Å². The van der Waals surface area contributed by atoms with E-state index in [1.54, 1.807) is 0 Å². The van der Waals surface area contributed by atoms with Gasteiger partial charge in [-0.25, -0.2) is 4.79 Å². The molecule has 0 aliphatic carbocycles. The quantitative estimate of drug-likeness (QED) is 0.459. The molecule has 80 valence electrons. The average molecular weight is 247 g/mol. The molecule has 1 unspecified atom stereocenters. The Hall–Kier alpha value is 0.480. The summed E-state index contributed by atoms with van der Waals surface area (Å²) in [7, 11) is 2.75. The minimum atomic E-state index is -1.29. The summed E-state index contributed by atoms with van der Waals surface area (Å²) < 4.78 is 0. The monoisotopic (exact) mass is 246 g/mol. The molecule has 0 heterocycles. The van der Waals surface area contributed by atoms with Gasteiger partial charge in [0, 0.05) is 0 Å². The molecule has 0 aliphatic rings. The molecule has 0 aromatic heterocycles. The van der Waals surface area contributed by atoms with Gasteiger partial charge in [0.2, 0.25) is 4.84 Å². The first kappa shape index (κ1) is 15.9. The van der Waals surface area contributed by atoms with Crippen LogP contribution in [0, 0.1) is 0 Å². The van der Waals surface area contributed by atoms with Gasteiger partial charge in [0.15, 0.2) is 0 Å². The highest BCUT2D eigenvalue weighted by atomic mass is 35.5. The molecule has 13 heavy (non-hydrogen) atoms. The number of carboxylic acid groups (broad SMARTS) is 1. The number of rotatable bonds is 5. The third-order valence-corrected chi connectivity index (χ3v) is 2.03. The molecule has 2 nitrogen and oxygen atoms in total. The highest BCUT2D eigenvalue weighted by molar-refractivity contribution is 7.16. The van der Waals surface area contributed by atoms with Crippen LogP contribution in [0.1, 0.15) is 32.6 Å². The lowest BCUT2D eigenvalue weighted by molar-refractivity contribution is -0.135. The molecule has 0 rings (SSSR count). The van der Waals surface area contributed by atoms with Gasteiger partial charge in [-0.05, 0) is 12.6 Å². The summed E-state index contributed by atoms with van der Waals surface area (Å²) in [5.74, 6) is -1.21. The SMILES string of the molecule is CCCCCCP.O=C(O)C(Cl)Cl. The van der Waals surface area contributed by atoms with Gasteiger partial charge in [-0.1, -0.05) is 49.4 Å². The first-order chi connectivity index (χ1) is 6.06. The highest BCUT2D eigenvalue weighted by Gasteiger charge is 2.05. The topological polar surface area (TPSA) is 37.3 Å². The number of aliphatic carboxylic acids is 1. The van der Waals surface area contributed by atoms with Gasteiger partial charge in [0.25, 0.3) is 0 Å². The summed E-state index contributed by atoms with van der Waals surface area (Å²) in [5.41, 5.74) is 0. The van der Waals surface area contributed by atoms with Crippen molar-refractivity contribution in [3.63, 3.8) is 0 Å². The van der Waals surface area contributed by atoms with Crippen molar-refractivity contribution in [2.45, 2.75) is 37.4 Å². The van der Waals surface area contributed by atoms with Crippen molar-refractivity contribution >= 4 is 38.4 Å². The lowest BCUT2D eigenvalue weighted by atomic mass is 10.2. The third kappa shape index (κ3) is 19.1. The van der Waals surface area contributed by atoms with Crippen LogP contribution >= 0.6 is 32.4 Å². The van der Waals surface area contributed by atoms with E-state index >= 15 is 0 Å². The number of hydrogen-bond acceptors (Lipinski definition) is 1. The fraction of sp³-hybridized carbons (Fsp3) is 0.875. The predicted molar refractivity (Wildman–Crippen MR) is 61.8 cm³/mol. The van der Waals surface area contributed by atoms with Gasteiger partial charge < -0.3 is 5.11 Å². The van der Waals surface area contributed by atoms with E-state index in [2.05, 4.69) is 16.2 Å². The zero-order valence-corrected chi connectivity index (χ0v) is 10.5. The number of unbranched alkanes of at least 4 members (excludes halogenated alkanes) is 3. The molecule has 0 fully saturated rings. The van der Waals surface area contributed by atoms with Crippen molar-refractivity contribution in [2.24, 2.45) is 0 Å². The molecule has 1 atom stereocenters. The number of halogens is 2. The molecular formula is C8H17Cl2O2P. The minimum Gasteiger partial charge on any atom is -0.479 e. The molecule has 5 heteroatoms. The van der Waals surface area contributed by atoms with Gasteiger partial charge in [0.05, 0.1) is 0 Å². The van der Waals surface area contributed by atoms with Gasteiger partial charge >= 0.3 is 5.97 Å². The fourth-order valence-electron chi connectivity index (χ4n) is 0.571. The van der Waals surface area contributed by atoms with Crippen molar-refractivity contribution in [1.82, 2.24) is 0 Å². The van der Waals surface area contributed by atoms with Crippen LogP contribution in [-0.4, -0.2) is 22.1 Å². The van der Waals surface area contributed by atoms with Crippen molar-refractivity contribution in [3.05, 3.63) is 0 Å². The van der Waals surface area contributed by atoms with Crippen LogP contribution in [0.4, 0.5) is 0 Å². The first-order valence-electron chi connectivity index (χ1n) is 4.27. The minimum absolute atomic E-state index is 1.21. The molecule has 0 saturated heterocycles. The van der Waals surface area contributed by atoms with Crippen LogP contribution < -0.4 is 0 Å². The maximum Gasteiger partial charge on any atom is 0.337 e. The molecule has 0 amide bonds. The van der Waals surface area contributed by atoms with E-state index in [1.165, 1.54) is 31.8 Å². The summed E-state index contributed by atoms with van der Waals surface area (Å²) in [6, 6.07) is 0. The standard InChI is InChI=1S/C6H15P.C2H2Cl2O2/c1-2-3-4-5-6-7;3-1(4)2(5)6/h2-7H2,1H3;1H,(H,5,6). The van der Waals surface area contributed by atoms with E-state index in [4.69, 9.17) is 28.3 Å². The molecule has 0 saturated carbocycles. The van der Waals surface area contributed by atoms with E-state index in [0.29, 0.717) is 0 Å². The van der Waals surface area contributed by atoms with Crippen molar-refractivity contribution in [3.8, 4) is 0 Å². The Morgan fingerprint density at radius 2 is 1.85 bits per heavy atom. The van der Waals surface area contributed by atoms with Crippen LogP contribution in [0.25, 0.3) is 0 Å². The van der Waals surface area contributed by atoms with E-state index < -0.39 is 10.8 Å². The number of hydrogen-bond donors (Lipinski definition) is 1. The summed E-state index contributed by atoms with van der Waals surface area (Å²) in [6.07, 6.45) is 6.84. The zero-order chi connectivity index (χ0) is 10.7. The second-order valence-corrected chi connectivity index (χ2v) is 4.16. The zero-order valence-electron chi connectivity index (χ0n) is 7.80. The van der Waals surface area contributed by atoms with Crippen LogP contribution in [-0.2, 0) is 4.79 Å². The predicted octanol–water partition coefficient (Wildman–Crippen LogP) is 3.32. The maximum atomic E-state index is 9.44. The van der Waals surface area contributed by atoms with E-state index in [0.717, 1.165) is 0 Å². The largest absolute Gasteiger partial charge is 0.479 e. The van der Waals surface area contributed by atoms with Crippen LogP contribution in [0.15, 0.2) is 0 Å². The van der Waals surface area contributed by atoms with Gasteiger partial charge in [-0.3, -0.25) is 0 Å². The first-order valence-corrected chi connectivity index (χ1v) is 5.96. The van der Waals surface area contributed by atoms with Gasteiger partial charge in [-0.2, -0.15) is 0 Å². The Morgan fingerprint density at radius 3 is 2.08 bits per heavy atom. The maximum absolute atomic E-state index is 9.44. The average Bonchev–Trinajstić information content (AvgIpc) is 2.06. The number of alkyl halides is 2. The van der Waals surface area contributed by atoms with Crippen molar-refractivity contribution < 1.29 is 9.90 Å². The van der Waals surface area contributed by atoms with Crippen LogP contribution in [0.2, 0.25) is 0 Å². The summed E-state index contributed by atoms with van der Waals surface area (Å²) in [6.45, 7) is 2.24. The van der Waals surface area contributed by atoms with Crippen molar-refractivity contribution in [2.75, 3.05) is 6.16 Å². The number of carbonyl (C=O) groups is 1. The van der Waals surface area contributed by atoms with Crippen LogP contribution in [0.5, 0.6) is 0 Å². The Labute approximate surface area is 92.2 Å². The number of carboxylic acids is 1. The fourth-order valence-corrected chi connectivity index (χ4v) is 0.860. The summed E-state index contributed by atoms with van der Waals surface area (Å²) in [4.78, 5) is 8.15. The molecule has 0 radical (unpaired) electrons. The Morgan fingerprint density at radius 1 is 1.38 bits per heavy atom. The highest BCUT2D eigenvalue weighted by Crippen LogP contribution is 2.00. The van der Waals surface area contributed by atoms with E-state index in [9.17, 15) is 4.79 Å². The normalized spacial score (nSPS) is 9.31. The van der Waals surface area contributed by atoms with E-state index in [1.807, 2.05) is 0 Å². The second kappa shape index (κ2) is 12.5. The smallest absolute Gasteiger partial charge is 0.337 e. The Bertz CT molecular complexity index is 117. The van der Waals surface area contributed by atoms with Crippen LogP contribution in [0.3, 0.4) is 0 Å². The van der Waals surface area contributed by atoms with Gasteiger partial charge in [-0.15, -0.1) is 9.24 Å². The Kier molecular flexibility index (Phi) is 15.3. The summed E-state index contributed by atoms with van der Waals surface area (Å²) >= 11 is 9.56. The second-order valence-electron chi connectivity index (χ2n) is 2.49. The molecule has 0 bridgehead atoms. The molecule has 0 aromatic carbocycles. The lowest BCUT2D eigenvalue weighted by Crippen LogP contribution is -2.03.